The number of hydrogen-bond donors (Lipinski definition) is 2. The van der Waals surface area contributed by atoms with Gasteiger partial charge in [0.25, 0.3) is 0 Å². The summed E-state index contributed by atoms with van der Waals surface area (Å²) in [6.45, 7) is 0. The van der Waals surface area contributed by atoms with Gasteiger partial charge in [-0.05, 0) is 0 Å². The number of nitrogens with zero attached hydrogens (tertiary/aromatic N) is 4. The molecule has 3 aromatic rings. The van der Waals surface area contributed by atoms with E-state index in [0.29, 0.717) is 47.9 Å². The maximum atomic E-state index is 14.6. The molecule has 3 N–H and O–H groups in total. The predicted molar refractivity (Wildman–Crippen MR) is 130 cm³/mol. The number of amides is 1. The molecule has 13 heteroatoms. The summed E-state index contributed by atoms with van der Waals surface area (Å²) in [5.74, 6) is -4.54. The normalized spacial score (nSPS) is 24.1. The van der Waals surface area contributed by atoms with Crippen molar-refractivity contribution < 1.29 is 22.4 Å². The Labute approximate surface area is 215 Å². The zero-order chi connectivity index (χ0) is 25.6. The van der Waals surface area contributed by atoms with Crippen LogP contribution in [0.2, 0.25) is 5.02 Å². The molecular weight excluding hydrogens is 563 g/mol. The van der Waals surface area contributed by atoms with E-state index in [0.717, 1.165) is 12.1 Å². The van der Waals surface area contributed by atoms with E-state index >= 15 is 0 Å². The second-order valence-corrected chi connectivity index (χ2v) is 12.4. The van der Waals surface area contributed by atoms with E-state index in [1.807, 2.05) is 4.57 Å². The molecular formula is C23H24AsClF4N6O. The summed E-state index contributed by atoms with van der Waals surface area (Å²) in [4.78, 5) is 25.1. The van der Waals surface area contributed by atoms with Gasteiger partial charge in [0.05, 0.1) is 0 Å². The minimum absolute atomic E-state index is 0.0299. The fraction of sp³-hybridized carbons (Fsp3) is 0.478. The molecule has 1 amide bonds. The molecule has 36 heavy (non-hydrogen) atoms. The van der Waals surface area contributed by atoms with Crippen molar-refractivity contribution in [3.05, 3.63) is 35.0 Å². The summed E-state index contributed by atoms with van der Waals surface area (Å²) >= 11 is 4.20. The Bertz CT molecular complexity index is 1290. The van der Waals surface area contributed by atoms with Gasteiger partial charge >= 0.3 is 216 Å². The zero-order valence-corrected chi connectivity index (χ0v) is 21.9. The molecule has 1 unspecified atom stereocenters. The van der Waals surface area contributed by atoms with Crippen LogP contribution < -0.4 is 20.0 Å². The Hall–Kier alpha value is -2.39. The molecule has 2 heterocycles. The van der Waals surface area contributed by atoms with Gasteiger partial charge in [-0.1, -0.05) is 0 Å². The number of fused-ring (bicyclic) bond motifs is 1. The molecule has 0 spiro atoms. The van der Waals surface area contributed by atoms with Gasteiger partial charge in [-0.2, -0.15) is 0 Å². The molecule has 0 bridgehead atoms. The SMILES string of the molecule is NC(=O)C1CCC(n2c([AsH]c3c(F)cc(Cl)cc3F)nc3cnc(N[C@H]4CCC(F)(F)C4)nc32)CC1. The summed E-state index contributed by atoms with van der Waals surface area (Å²) in [6, 6.07) is 1.59. The Morgan fingerprint density at radius 1 is 1.14 bits per heavy atom. The predicted octanol–water partition coefficient (Wildman–Crippen LogP) is 2.96. The Morgan fingerprint density at radius 3 is 2.44 bits per heavy atom. The Kier molecular flexibility index (Phi) is 6.89. The number of nitrogens with two attached hydrogens (primary N) is 1. The number of carbonyl (C=O) groups excluding carboxylic acids is 1. The molecule has 2 aliphatic carbocycles. The van der Waals surface area contributed by atoms with Crippen molar-refractivity contribution in [2.45, 2.75) is 63.0 Å². The molecule has 0 aliphatic heterocycles. The van der Waals surface area contributed by atoms with Gasteiger partial charge < -0.3 is 0 Å². The number of hydrogen-bond acceptors (Lipinski definition) is 5. The number of rotatable bonds is 6. The van der Waals surface area contributed by atoms with Crippen molar-refractivity contribution in [1.82, 2.24) is 19.5 Å². The van der Waals surface area contributed by atoms with Gasteiger partial charge in [-0.15, -0.1) is 0 Å². The van der Waals surface area contributed by atoms with Crippen LogP contribution in [0.1, 0.15) is 51.0 Å². The molecule has 7 nitrogen and oxygen atoms in total. The second-order valence-electron chi connectivity index (χ2n) is 9.43. The van der Waals surface area contributed by atoms with E-state index in [1.165, 1.54) is 6.20 Å². The van der Waals surface area contributed by atoms with Gasteiger partial charge in [0.1, 0.15) is 0 Å². The third-order valence-electron chi connectivity index (χ3n) is 6.88. The van der Waals surface area contributed by atoms with Crippen molar-refractivity contribution in [2.24, 2.45) is 11.7 Å². The average molecular weight is 587 g/mol. The molecule has 2 atom stereocenters. The van der Waals surface area contributed by atoms with Crippen LogP contribution in [0, 0.1) is 17.6 Å². The first-order valence-electron chi connectivity index (χ1n) is 11.7. The Balaban J connectivity index is 1.52. The summed E-state index contributed by atoms with van der Waals surface area (Å²) in [7, 11) is 0. The van der Waals surface area contributed by atoms with Crippen LogP contribution in [-0.4, -0.2) is 53.1 Å². The Morgan fingerprint density at radius 2 is 1.83 bits per heavy atom. The van der Waals surface area contributed by atoms with Crippen LogP contribution in [0.5, 0.6) is 0 Å². The topological polar surface area (TPSA) is 98.7 Å². The zero-order valence-electron chi connectivity index (χ0n) is 19.1. The number of halogens is 5. The third kappa shape index (κ3) is 5.18. The standard InChI is InChI=1S/C23H24AsClF4N6O/c25-12-7-15(26)18(16(27)8-12)24-21-33-17-10-31-22(32-13-5-6-23(28,29)9-13)34-20(17)35(21)14-3-1-11(2-4-14)19(30)36/h7-8,10-11,13-14,24H,1-6,9H2,(H2,30,36)(H,31,32,34)/t11?,13-,14?/m0/s1. The van der Waals surface area contributed by atoms with E-state index in [1.54, 1.807) is 0 Å². The van der Waals surface area contributed by atoms with Crippen molar-refractivity contribution in [2.75, 3.05) is 5.32 Å². The fourth-order valence-corrected chi connectivity index (χ4v) is 7.73. The number of nitrogens with one attached hydrogen (secondary N) is 1. The first kappa shape index (κ1) is 25.3. The van der Waals surface area contributed by atoms with E-state index in [2.05, 4.69) is 20.3 Å². The first-order chi connectivity index (χ1) is 17.1. The molecule has 2 aliphatic rings. The number of alkyl halides is 2. The quantitative estimate of drug-likeness (QED) is 0.342. The summed E-state index contributed by atoms with van der Waals surface area (Å²) in [5, 5.41) is 2.97. The van der Waals surface area contributed by atoms with Crippen LogP contribution in [0.25, 0.3) is 11.2 Å². The van der Waals surface area contributed by atoms with E-state index in [4.69, 9.17) is 17.3 Å². The van der Waals surface area contributed by atoms with E-state index in [9.17, 15) is 22.4 Å². The van der Waals surface area contributed by atoms with Crippen LogP contribution in [-0.2, 0) is 4.79 Å². The van der Waals surface area contributed by atoms with Crippen molar-refractivity contribution in [3.8, 4) is 0 Å². The van der Waals surface area contributed by atoms with Gasteiger partial charge in [0.15, 0.2) is 0 Å². The maximum absolute atomic E-state index is 14.6. The number of carbonyl (C=O) groups is 1. The fourth-order valence-electron chi connectivity index (χ4n) is 5.04. The first-order valence-corrected chi connectivity index (χ1v) is 14.2. The molecule has 0 radical (unpaired) electrons. The van der Waals surface area contributed by atoms with Crippen LogP contribution in [0.3, 0.4) is 0 Å². The van der Waals surface area contributed by atoms with Gasteiger partial charge in [0, 0.05) is 0 Å². The van der Waals surface area contributed by atoms with Crippen LogP contribution in [0.4, 0.5) is 23.5 Å². The second kappa shape index (κ2) is 9.82. The molecule has 2 aromatic heterocycles. The minimum atomic E-state index is -2.71. The van der Waals surface area contributed by atoms with E-state index < -0.39 is 39.4 Å². The number of imidazole rings is 1. The molecule has 2 saturated carbocycles. The van der Waals surface area contributed by atoms with Crippen molar-refractivity contribution in [1.29, 1.82) is 0 Å². The number of benzene rings is 1. The van der Waals surface area contributed by atoms with Crippen LogP contribution >= 0.6 is 11.6 Å². The third-order valence-corrected chi connectivity index (χ3v) is 9.83. The number of primary amides is 1. The van der Waals surface area contributed by atoms with Crippen molar-refractivity contribution >= 4 is 59.3 Å². The monoisotopic (exact) mass is 586 g/mol. The van der Waals surface area contributed by atoms with Gasteiger partial charge in [-0.3, -0.25) is 0 Å². The molecule has 0 saturated heterocycles. The van der Waals surface area contributed by atoms with Crippen molar-refractivity contribution in [3.63, 3.8) is 0 Å². The summed E-state index contributed by atoms with van der Waals surface area (Å²) in [5.41, 5.74) is 6.40. The molecule has 5 rings (SSSR count). The summed E-state index contributed by atoms with van der Waals surface area (Å²) in [6.07, 6.45) is 3.70. The number of aromatic nitrogens is 4. The summed E-state index contributed by atoms with van der Waals surface area (Å²) < 4.78 is 58.9. The molecule has 1 aromatic carbocycles. The number of anilines is 1. The van der Waals surface area contributed by atoms with Gasteiger partial charge in [-0.25, -0.2) is 0 Å². The van der Waals surface area contributed by atoms with Gasteiger partial charge in [0.2, 0.25) is 0 Å². The molecule has 192 valence electrons. The molecule has 2 fully saturated rings. The van der Waals surface area contributed by atoms with E-state index in [-0.39, 0.29) is 46.0 Å². The average Bonchev–Trinajstić information content (AvgIpc) is 3.34. The van der Waals surface area contributed by atoms with Crippen LogP contribution in [0.15, 0.2) is 18.3 Å².